The number of benzene rings is 2. The van der Waals surface area contributed by atoms with Gasteiger partial charge in [-0.1, -0.05) is 60.7 Å². The second-order valence-corrected chi connectivity index (χ2v) is 15.3. The summed E-state index contributed by atoms with van der Waals surface area (Å²) in [6.07, 6.45) is -16.3. The van der Waals surface area contributed by atoms with Crippen LogP contribution in [0.25, 0.3) is 0 Å². The third-order valence-electron chi connectivity index (χ3n) is 10.0. The smallest absolute Gasteiger partial charge is 0.303 e. The number of carbonyl (C=O) groups excluding carboxylic acids is 6. The lowest BCUT2D eigenvalue weighted by Gasteiger charge is -2.47. The topological polar surface area (TPSA) is 243 Å². The van der Waals surface area contributed by atoms with Crippen LogP contribution in [0.3, 0.4) is 0 Å². The number of aliphatic hydroxyl groups is 1. The Hall–Kier alpha value is -5.06. The van der Waals surface area contributed by atoms with Crippen molar-refractivity contribution in [3.8, 4) is 0 Å². The molecular formula is C44H56O20. The maximum atomic E-state index is 12.4. The van der Waals surface area contributed by atoms with Crippen LogP contribution in [0, 0.1) is 0 Å². The molecule has 64 heavy (non-hydrogen) atoms. The number of aliphatic hydroxyl groups excluding tert-OH is 1. The summed E-state index contributed by atoms with van der Waals surface area (Å²) < 4.78 is 77.0. The molecule has 3 saturated heterocycles. The predicted molar refractivity (Wildman–Crippen MR) is 214 cm³/mol. The molecule has 0 aromatic heterocycles. The van der Waals surface area contributed by atoms with Crippen LogP contribution in [0.2, 0.25) is 0 Å². The van der Waals surface area contributed by atoms with Gasteiger partial charge >= 0.3 is 35.8 Å². The summed E-state index contributed by atoms with van der Waals surface area (Å²) in [7, 11) is 0. The number of rotatable bonds is 19. The van der Waals surface area contributed by atoms with Crippen molar-refractivity contribution in [2.75, 3.05) is 19.8 Å². The fourth-order valence-corrected chi connectivity index (χ4v) is 7.46. The van der Waals surface area contributed by atoms with Gasteiger partial charge in [0.2, 0.25) is 0 Å². The lowest BCUT2D eigenvalue weighted by atomic mass is 9.97. The molecule has 0 spiro atoms. The lowest BCUT2D eigenvalue weighted by molar-refractivity contribution is -0.355. The van der Waals surface area contributed by atoms with Gasteiger partial charge in [0.15, 0.2) is 31.1 Å². The fraction of sp³-hybridized carbons (Fsp3) is 0.591. The van der Waals surface area contributed by atoms with Crippen LogP contribution in [0.15, 0.2) is 60.7 Å². The van der Waals surface area contributed by atoms with E-state index in [2.05, 4.69) is 0 Å². The average molecular weight is 905 g/mol. The summed E-state index contributed by atoms with van der Waals surface area (Å²) in [5, 5.41) is 11.7. The summed E-state index contributed by atoms with van der Waals surface area (Å²) in [4.78, 5) is 72.7. The van der Waals surface area contributed by atoms with Crippen molar-refractivity contribution in [2.24, 2.45) is 0 Å². The Morgan fingerprint density at radius 1 is 0.484 bits per heavy atom. The predicted octanol–water partition coefficient (Wildman–Crippen LogP) is 2.36. The van der Waals surface area contributed by atoms with E-state index in [1.54, 1.807) is 0 Å². The highest BCUT2D eigenvalue weighted by Gasteiger charge is 2.52. The Bertz CT molecular complexity index is 1840. The van der Waals surface area contributed by atoms with Crippen LogP contribution in [-0.4, -0.2) is 141 Å². The van der Waals surface area contributed by atoms with Crippen molar-refractivity contribution in [3.63, 3.8) is 0 Å². The molecule has 0 aliphatic carbocycles. The Morgan fingerprint density at radius 2 is 0.906 bits per heavy atom. The monoisotopic (exact) mass is 904 g/mol. The van der Waals surface area contributed by atoms with Gasteiger partial charge in [-0.2, -0.15) is 0 Å². The number of hydrogen-bond acceptors (Lipinski definition) is 20. The van der Waals surface area contributed by atoms with Gasteiger partial charge in [0.1, 0.15) is 62.0 Å². The van der Waals surface area contributed by atoms with Gasteiger partial charge in [0, 0.05) is 54.4 Å². The average Bonchev–Trinajstić information content (AvgIpc) is 3.23. The number of esters is 6. The summed E-state index contributed by atoms with van der Waals surface area (Å²) in [5.74, 6) is -4.13. The normalized spacial score (nSPS) is 30.3. The second kappa shape index (κ2) is 24.3. The first-order valence-corrected chi connectivity index (χ1v) is 20.7. The summed E-state index contributed by atoms with van der Waals surface area (Å²) in [6, 6.07) is 18.3. The zero-order valence-electron chi connectivity index (χ0n) is 36.4. The Kier molecular flexibility index (Phi) is 19.0. The van der Waals surface area contributed by atoms with E-state index >= 15 is 0 Å². The molecule has 0 bridgehead atoms. The molecule has 2 aromatic rings. The molecule has 3 heterocycles. The minimum absolute atomic E-state index is 0.00717. The molecule has 0 saturated carbocycles. The highest BCUT2D eigenvalue weighted by molar-refractivity contribution is 5.68. The molecular weight excluding hydrogens is 848 g/mol. The quantitative estimate of drug-likeness (QED) is 0.157. The first kappa shape index (κ1) is 49.9. The summed E-state index contributed by atoms with van der Waals surface area (Å²) >= 11 is 0. The zero-order chi connectivity index (χ0) is 46.3. The third-order valence-corrected chi connectivity index (χ3v) is 10.0. The molecule has 3 aliphatic heterocycles. The van der Waals surface area contributed by atoms with Crippen LogP contribution in [-0.2, 0) is 104 Å². The van der Waals surface area contributed by atoms with Gasteiger partial charge in [-0.15, -0.1) is 0 Å². The lowest BCUT2D eigenvalue weighted by Crippen LogP contribution is -2.63. The van der Waals surface area contributed by atoms with E-state index in [4.69, 9.17) is 61.6 Å². The minimum Gasteiger partial charge on any atom is -0.463 e. The molecule has 13 atom stereocenters. The van der Waals surface area contributed by atoms with Gasteiger partial charge in [0.05, 0.1) is 19.8 Å². The molecule has 20 heteroatoms. The molecule has 20 nitrogen and oxygen atoms in total. The van der Waals surface area contributed by atoms with E-state index < -0.39 is 136 Å². The SMILES string of the molecule is CC(=O)OC[C@H]1O[C@H](OC[C@H]2O[C@H](O)[C@H](OCc3ccccc3)[C@@H](OCc3ccccc3)[C@@H]2O[C@@H]2C[C@@H](OC(C)=O)[C@H](OC(C)=O)[C@@H](COC(C)=O)O2)C[C@@H](OC(C)=O)[C@@H]1OC(C)=O. The van der Waals surface area contributed by atoms with Crippen LogP contribution in [0.4, 0.5) is 0 Å². The molecule has 5 rings (SSSR count). The maximum Gasteiger partial charge on any atom is 0.303 e. The second-order valence-electron chi connectivity index (χ2n) is 15.3. The number of carbonyl (C=O) groups is 6. The molecule has 0 radical (unpaired) electrons. The van der Waals surface area contributed by atoms with Crippen molar-refractivity contribution >= 4 is 35.8 Å². The number of hydrogen-bond donors (Lipinski definition) is 1. The van der Waals surface area contributed by atoms with Crippen LogP contribution in [0.1, 0.15) is 65.5 Å². The maximum absolute atomic E-state index is 12.4. The van der Waals surface area contributed by atoms with Crippen molar-refractivity contribution < 1.29 is 95.5 Å². The van der Waals surface area contributed by atoms with Crippen LogP contribution >= 0.6 is 0 Å². The molecule has 2 aromatic carbocycles. The van der Waals surface area contributed by atoms with Crippen LogP contribution in [0.5, 0.6) is 0 Å². The largest absolute Gasteiger partial charge is 0.463 e. The zero-order valence-corrected chi connectivity index (χ0v) is 36.4. The Labute approximate surface area is 369 Å². The minimum atomic E-state index is -1.64. The summed E-state index contributed by atoms with van der Waals surface area (Å²) in [6.45, 7) is 5.85. The van der Waals surface area contributed by atoms with E-state index in [0.29, 0.717) is 0 Å². The Balaban J connectivity index is 1.50. The highest BCUT2D eigenvalue weighted by atomic mass is 16.8. The third kappa shape index (κ3) is 15.3. The molecule has 352 valence electrons. The van der Waals surface area contributed by atoms with Crippen LogP contribution < -0.4 is 0 Å². The first-order chi connectivity index (χ1) is 30.6. The van der Waals surface area contributed by atoms with Gasteiger partial charge < -0.3 is 66.7 Å². The van der Waals surface area contributed by atoms with E-state index in [-0.39, 0.29) is 26.1 Å². The summed E-state index contributed by atoms with van der Waals surface area (Å²) in [5.41, 5.74) is 1.54. The van der Waals surface area contributed by atoms with Gasteiger partial charge in [-0.3, -0.25) is 28.8 Å². The van der Waals surface area contributed by atoms with Crippen molar-refractivity contribution in [2.45, 2.75) is 148 Å². The van der Waals surface area contributed by atoms with Crippen molar-refractivity contribution in [3.05, 3.63) is 71.8 Å². The van der Waals surface area contributed by atoms with Crippen molar-refractivity contribution in [1.82, 2.24) is 0 Å². The highest BCUT2D eigenvalue weighted by Crippen LogP contribution is 2.35. The molecule has 0 amide bonds. The first-order valence-electron chi connectivity index (χ1n) is 20.7. The Morgan fingerprint density at radius 3 is 1.36 bits per heavy atom. The van der Waals surface area contributed by atoms with E-state index in [9.17, 15) is 33.9 Å². The number of ether oxygens (including phenoxy) is 13. The van der Waals surface area contributed by atoms with Gasteiger partial charge in [-0.05, 0) is 11.1 Å². The fourth-order valence-electron chi connectivity index (χ4n) is 7.46. The van der Waals surface area contributed by atoms with Gasteiger partial charge in [0.25, 0.3) is 0 Å². The van der Waals surface area contributed by atoms with Gasteiger partial charge in [-0.25, -0.2) is 0 Å². The molecule has 1 N–H and O–H groups in total. The van der Waals surface area contributed by atoms with E-state index in [1.165, 1.54) is 27.7 Å². The molecule has 3 fully saturated rings. The van der Waals surface area contributed by atoms with E-state index in [0.717, 1.165) is 25.0 Å². The van der Waals surface area contributed by atoms with E-state index in [1.807, 2.05) is 60.7 Å². The molecule has 3 aliphatic rings. The molecule has 0 unspecified atom stereocenters. The van der Waals surface area contributed by atoms with Crippen molar-refractivity contribution in [1.29, 1.82) is 0 Å². The standard InChI is InChI=1S/C44H56O20/c1-24(45)52-21-34-39(59-28(5)49)32(57-26(3)47)17-37(61-34)54-23-36-41(64-38-18-33(58-27(4)48)40(60-29(6)50)35(62-38)22-53-25(2)46)42(55-19-30-13-9-7-10-14-30)43(44(51)63-36)56-20-31-15-11-8-12-16-31/h7-16,32-44,51H,17-23H2,1-6H3/t32-,33-,34-,35-,36-,37+,38-,39+,40+,41-,42+,43-,44+/m1/s1.